The zero-order valence-corrected chi connectivity index (χ0v) is 62.3. The van der Waals surface area contributed by atoms with Gasteiger partial charge in [0, 0.05) is 78.7 Å². The van der Waals surface area contributed by atoms with E-state index in [1.165, 1.54) is 149 Å². The minimum absolute atomic E-state index is 0.0549. The van der Waals surface area contributed by atoms with E-state index in [4.69, 9.17) is 0 Å². The maximum absolute atomic E-state index is 2.67. The summed E-state index contributed by atoms with van der Waals surface area (Å²) < 4.78 is 2.57. The van der Waals surface area contributed by atoms with Crippen molar-refractivity contribution < 1.29 is 0 Å². The molecular formula is C103H75B2N5. The van der Waals surface area contributed by atoms with Gasteiger partial charge >= 0.3 is 0 Å². The second kappa shape index (κ2) is 23.0. The summed E-state index contributed by atoms with van der Waals surface area (Å²) in [5.74, 6) is 0. The van der Waals surface area contributed by atoms with E-state index in [0.29, 0.717) is 0 Å². The molecule has 0 fully saturated rings. The normalized spacial score (nSPS) is 14.2. The third-order valence-electron chi connectivity index (χ3n) is 25.2. The van der Waals surface area contributed by atoms with Crippen LogP contribution in [-0.2, 0) is 16.2 Å². The van der Waals surface area contributed by atoms with E-state index in [1.807, 2.05) is 0 Å². The molecular weight excluding hydrogens is 1330 g/mol. The third-order valence-corrected chi connectivity index (χ3v) is 25.2. The molecule has 110 heavy (non-hydrogen) atoms. The van der Waals surface area contributed by atoms with Gasteiger partial charge in [0.1, 0.15) is 0 Å². The number of anilines is 12. The highest BCUT2D eigenvalue weighted by Gasteiger charge is 2.54. The lowest BCUT2D eigenvalue weighted by molar-refractivity contribution is 0.590. The molecule has 6 aliphatic rings. The zero-order chi connectivity index (χ0) is 73.2. The predicted octanol–water partition coefficient (Wildman–Crippen LogP) is 22.7. The first-order chi connectivity index (χ1) is 53.9. The lowest BCUT2D eigenvalue weighted by Crippen LogP contribution is -2.65. The van der Waals surface area contributed by atoms with Crippen LogP contribution < -0.4 is 52.4 Å². The molecule has 1 aromatic heterocycles. The predicted molar refractivity (Wildman–Crippen MR) is 465 cm³/mol. The Balaban J connectivity index is 0.811. The van der Waals surface area contributed by atoms with Crippen LogP contribution in [0.3, 0.4) is 0 Å². The van der Waals surface area contributed by atoms with Crippen molar-refractivity contribution in [3.63, 3.8) is 0 Å². The summed E-state index contributed by atoms with van der Waals surface area (Å²) in [6.45, 7) is 13.6. The van der Waals surface area contributed by atoms with Crippen LogP contribution in [0.4, 0.5) is 68.2 Å². The van der Waals surface area contributed by atoms with Crippen molar-refractivity contribution in [2.75, 3.05) is 19.6 Å². The molecule has 0 amide bonds. The van der Waals surface area contributed by atoms with E-state index in [1.54, 1.807) is 0 Å². The minimum Gasteiger partial charge on any atom is -0.311 e. The summed E-state index contributed by atoms with van der Waals surface area (Å²) in [7, 11) is 0. The molecule has 5 nitrogen and oxygen atoms in total. The van der Waals surface area contributed by atoms with Gasteiger partial charge in [0.25, 0.3) is 13.4 Å². The lowest BCUT2D eigenvalue weighted by atomic mass is 9.30. The molecule has 5 heterocycles. The molecule has 4 aliphatic heterocycles. The number of nitrogens with zero attached hydrogens (tertiary/aromatic N) is 5. The quantitative estimate of drug-likeness (QED) is 0.154. The van der Waals surface area contributed by atoms with Gasteiger partial charge in [-0.05, 0) is 231 Å². The highest BCUT2D eigenvalue weighted by molar-refractivity contribution is 7.03. The Kier molecular flexibility index (Phi) is 13.2. The molecule has 2 aliphatic carbocycles. The molecule has 0 bridgehead atoms. The van der Waals surface area contributed by atoms with E-state index < -0.39 is 5.41 Å². The first-order valence-electron chi connectivity index (χ1n) is 39.0. The van der Waals surface area contributed by atoms with E-state index in [-0.39, 0.29) is 24.3 Å². The molecule has 1 spiro atoms. The maximum Gasteiger partial charge on any atom is 0.252 e. The SMILES string of the molecule is CC(C)(C)c1ccc2c(c1)c1cc(C(C)(C)C)ccc1n2-c1cc2c3c(c1)N(c1ccccc1)c1cc4c(cc1B3c1ccccc1N2c1ccccc1)B1c2ccccc2N(c2ccccc2)c2c1c(cc1cc(-c3cccc5c3C3(c6ccccc6-c6ccccc63)c3ccccc3-5)ccc21)N4c1ccccc1. The monoisotopic (exact) mass is 1400 g/mol. The Bertz CT molecular complexity index is 6650. The summed E-state index contributed by atoms with van der Waals surface area (Å²) in [5.41, 5.74) is 39.8. The van der Waals surface area contributed by atoms with Gasteiger partial charge in [0.15, 0.2) is 0 Å². The fourth-order valence-electron chi connectivity index (χ4n) is 20.5. The third kappa shape index (κ3) is 8.66. The van der Waals surface area contributed by atoms with Crippen LogP contribution in [0, 0.1) is 0 Å². The zero-order valence-electron chi connectivity index (χ0n) is 62.3. The number of para-hydroxylation sites is 6. The summed E-state index contributed by atoms with van der Waals surface area (Å²) in [6, 6.07) is 133. The number of rotatable bonds is 6. The Hall–Kier alpha value is -13.1. The summed E-state index contributed by atoms with van der Waals surface area (Å²) >= 11 is 0. The number of aromatic nitrogens is 1. The van der Waals surface area contributed by atoms with Crippen molar-refractivity contribution in [1.82, 2.24) is 4.57 Å². The number of hydrogen-bond donors (Lipinski definition) is 0. The second-order valence-corrected chi connectivity index (χ2v) is 33.0. The van der Waals surface area contributed by atoms with Gasteiger partial charge in [-0.3, -0.25) is 0 Å². The Labute approximate surface area is 643 Å². The van der Waals surface area contributed by atoms with Gasteiger partial charge in [-0.1, -0.05) is 272 Å². The van der Waals surface area contributed by atoms with Crippen LogP contribution in [0.25, 0.3) is 71.6 Å². The highest BCUT2D eigenvalue weighted by atomic mass is 15.2. The van der Waals surface area contributed by atoms with Gasteiger partial charge in [-0.2, -0.15) is 0 Å². The van der Waals surface area contributed by atoms with Gasteiger partial charge in [-0.15, -0.1) is 0 Å². The first-order valence-corrected chi connectivity index (χ1v) is 39.0. The standard InChI is InChI=1S/C103H75B2N5/c1-101(2,3)66-51-54-88-79(58-66)80-59-67(102(4,5)6)52-55-89(80)109(88)72-60-95-98-96(61-72)108(70-34-15-9-16-35-70)92-63-93-87(62-86(92)104(98)84-46-25-27-48-90(84)106(95)68-30-11-7-12-31-68)105-85-47-26-28-49-91(85)110(71-36-17-10-18-37-71)100-74-53-50-64(56-65(74)57-94(99(100)105)107(93)69-32-13-8-14-33-69)73-41-29-42-78-77-40-21-24-45-83(77)103(97(73)78)81-43-22-19-38-75(81)76-39-20-23-44-82(76)103/h7-63H,1-6H3. The second-order valence-electron chi connectivity index (χ2n) is 33.0. The van der Waals surface area contributed by atoms with Crippen molar-refractivity contribution in [3.05, 3.63) is 379 Å². The smallest absolute Gasteiger partial charge is 0.252 e. The number of hydrogen-bond acceptors (Lipinski definition) is 4. The number of fused-ring (bicyclic) bond motifs is 23. The van der Waals surface area contributed by atoms with Gasteiger partial charge in [0.2, 0.25) is 0 Å². The van der Waals surface area contributed by atoms with Crippen LogP contribution >= 0.6 is 0 Å². The van der Waals surface area contributed by atoms with Crippen molar-refractivity contribution in [2.24, 2.45) is 0 Å². The molecule has 0 unspecified atom stereocenters. The van der Waals surface area contributed by atoms with E-state index in [2.05, 4.69) is 411 Å². The summed E-state index contributed by atoms with van der Waals surface area (Å²) in [4.78, 5) is 10.4. The highest BCUT2D eigenvalue weighted by Crippen LogP contribution is 2.65. The van der Waals surface area contributed by atoms with Crippen molar-refractivity contribution in [2.45, 2.75) is 57.8 Å². The number of benzene rings is 16. The lowest BCUT2D eigenvalue weighted by Gasteiger charge is -2.47. The fraction of sp³-hybridized carbons (Fsp3) is 0.0874. The molecule has 0 atom stereocenters. The molecule has 0 N–H and O–H groups in total. The van der Waals surface area contributed by atoms with Crippen LogP contribution in [0.15, 0.2) is 346 Å². The van der Waals surface area contributed by atoms with Crippen LogP contribution in [-0.4, -0.2) is 18.0 Å². The minimum atomic E-state index is -0.531. The largest absolute Gasteiger partial charge is 0.311 e. The molecule has 0 saturated heterocycles. The molecule has 23 rings (SSSR count). The van der Waals surface area contributed by atoms with Gasteiger partial charge in [-0.25, -0.2) is 0 Å². The average Bonchev–Trinajstić information content (AvgIpc) is 1.26. The van der Waals surface area contributed by atoms with Crippen LogP contribution in [0.5, 0.6) is 0 Å². The molecule has 518 valence electrons. The molecule has 0 radical (unpaired) electrons. The average molecular weight is 1400 g/mol. The first kappa shape index (κ1) is 63.0. The van der Waals surface area contributed by atoms with E-state index in [0.717, 1.165) is 56.9 Å². The topological polar surface area (TPSA) is 17.9 Å². The summed E-state index contributed by atoms with van der Waals surface area (Å²) in [6.07, 6.45) is 0. The van der Waals surface area contributed by atoms with Crippen molar-refractivity contribution in [3.8, 4) is 39.1 Å². The van der Waals surface area contributed by atoms with E-state index in [9.17, 15) is 0 Å². The maximum atomic E-state index is 2.67. The van der Waals surface area contributed by atoms with Crippen LogP contribution in [0.2, 0.25) is 0 Å². The van der Waals surface area contributed by atoms with Crippen molar-refractivity contribution >= 4 is 147 Å². The molecule has 17 aromatic rings. The Morgan fingerprint density at radius 3 is 1.18 bits per heavy atom. The van der Waals surface area contributed by atoms with E-state index >= 15 is 0 Å². The molecule has 0 saturated carbocycles. The molecule has 7 heteroatoms. The Morgan fingerprint density at radius 2 is 0.673 bits per heavy atom. The van der Waals surface area contributed by atoms with Gasteiger partial charge < -0.3 is 24.2 Å². The molecule has 16 aromatic carbocycles. The Morgan fingerprint density at radius 1 is 0.264 bits per heavy atom. The van der Waals surface area contributed by atoms with Crippen LogP contribution in [0.1, 0.15) is 74.9 Å². The van der Waals surface area contributed by atoms with Crippen molar-refractivity contribution in [1.29, 1.82) is 0 Å². The van der Waals surface area contributed by atoms with Gasteiger partial charge in [0.05, 0.1) is 27.8 Å². The summed E-state index contributed by atoms with van der Waals surface area (Å²) in [5, 5.41) is 4.90. The fourth-order valence-corrected chi connectivity index (χ4v) is 20.5.